The fourth-order valence-electron chi connectivity index (χ4n) is 2.44. The maximum atomic E-state index is 12.2. The lowest BCUT2D eigenvalue weighted by Crippen LogP contribution is -2.12. The Morgan fingerprint density at radius 3 is 2.07 bits per heavy atom. The summed E-state index contributed by atoms with van der Waals surface area (Å²) in [6.07, 6.45) is 2.05. The quantitative estimate of drug-likeness (QED) is 0.695. The summed E-state index contributed by atoms with van der Waals surface area (Å²) in [6.45, 7) is 0. The van der Waals surface area contributed by atoms with Gasteiger partial charge in [0, 0.05) is 37.4 Å². The molecular weight excluding hydrogens is 394 g/mol. The van der Waals surface area contributed by atoms with Crippen LogP contribution in [0.25, 0.3) is 10.8 Å². The SMILES string of the molecule is CN=Nc1c(S(C)(=O)=O)cc2c(N=NC)c(NCS(C)(=O)=O)ccc2c1O. The van der Waals surface area contributed by atoms with Crippen LogP contribution in [0.15, 0.2) is 43.6 Å². The minimum absolute atomic E-state index is 0.177. The molecular formula is C15H19N5O5S2. The Morgan fingerprint density at radius 1 is 0.963 bits per heavy atom. The summed E-state index contributed by atoms with van der Waals surface area (Å²) >= 11 is 0. The van der Waals surface area contributed by atoms with E-state index in [9.17, 15) is 21.9 Å². The maximum Gasteiger partial charge on any atom is 0.177 e. The van der Waals surface area contributed by atoms with Crippen molar-refractivity contribution in [2.24, 2.45) is 20.5 Å². The van der Waals surface area contributed by atoms with Gasteiger partial charge in [-0.25, -0.2) is 16.8 Å². The predicted octanol–water partition coefficient (Wildman–Crippen LogP) is 2.79. The Hall–Kier alpha value is -2.60. The van der Waals surface area contributed by atoms with Gasteiger partial charge in [-0.05, 0) is 18.2 Å². The van der Waals surface area contributed by atoms with Crippen LogP contribution in [0.3, 0.4) is 0 Å². The fraction of sp³-hybridized carbons (Fsp3) is 0.333. The van der Waals surface area contributed by atoms with Crippen molar-refractivity contribution >= 4 is 47.5 Å². The second-order valence-electron chi connectivity index (χ2n) is 5.75. The third-order valence-corrected chi connectivity index (χ3v) is 5.31. The van der Waals surface area contributed by atoms with Gasteiger partial charge in [-0.15, -0.1) is 0 Å². The molecule has 2 rings (SSSR count). The highest BCUT2D eigenvalue weighted by atomic mass is 32.2. The summed E-state index contributed by atoms with van der Waals surface area (Å²) in [7, 11) is -4.30. The van der Waals surface area contributed by atoms with Crippen molar-refractivity contribution in [3.8, 4) is 5.75 Å². The van der Waals surface area contributed by atoms with Crippen LogP contribution in [-0.2, 0) is 19.7 Å². The molecule has 0 spiro atoms. The van der Waals surface area contributed by atoms with Gasteiger partial charge in [0.2, 0.25) is 0 Å². The van der Waals surface area contributed by atoms with Crippen molar-refractivity contribution in [1.29, 1.82) is 0 Å². The van der Waals surface area contributed by atoms with Crippen molar-refractivity contribution in [1.82, 2.24) is 0 Å². The molecule has 27 heavy (non-hydrogen) atoms. The number of phenols is 1. The van der Waals surface area contributed by atoms with Gasteiger partial charge in [0.05, 0.1) is 10.6 Å². The van der Waals surface area contributed by atoms with E-state index in [2.05, 4.69) is 25.8 Å². The number of rotatable bonds is 6. The van der Waals surface area contributed by atoms with Crippen molar-refractivity contribution in [3.63, 3.8) is 0 Å². The van der Waals surface area contributed by atoms with Crippen molar-refractivity contribution in [3.05, 3.63) is 18.2 Å². The third-order valence-electron chi connectivity index (χ3n) is 3.53. The number of benzene rings is 2. The lowest BCUT2D eigenvalue weighted by Gasteiger charge is -2.14. The zero-order chi connectivity index (χ0) is 20.4. The highest BCUT2D eigenvalue weighted by Gasteiger charge is 2.22. The molecule has 0 aliphatic rings. The highest BCUT2D eigenvalue weighted by molar-refractivity contribution is 7.91. The molecule has 0 aromatic heterocycles. The minimum Gasteiger partial charge on any atom is -0.505 e. The Bertz CT molecular complexity index is 1160. The van der Waals surface area contributed by atoms with Crippen LogP contribution in [0.5, 0.6) is 5.75 Å². The minimum atomic E-state index is -3.75. The second-order valence-corrected chi connectivity index (χ2v) is 9.87. The molecule has 0 atom stereocenters. The lowest BCUT2D eigenvalue weighted by molar-refractivity contribution is 0.480. The average molecular weight is 413 g/mol. The van der Waals surface area contributed by atoms with Gasteiger partial charge in [-0.3, -0.25) is 0 Å². The van der Waals surface area contributed by atoms with Gasteiger partial charge in [-0.2, -0.15) is 20.5 Å². The van der Waals surface area contributed by atoms with Crippen LogP contribution in [0.2, 0.25) is 0 Å². The second kappa shape index (κ2) is 7.56. The number of nitrogens with zero attached hydrogens (tertiary/aromatic N) is 4. The largest absolute Gasteiger partial charge is 0.505 e. The molecule has 12 heteroatoms. The highest BCUT2D eigenvalue weighted by Crippen LogP contribution is 2.45. The van der Waals surface area contributed by atoms with Crippen LogP contribution in [0.4, 0.5) is 17.1 Å². The normalized spacial score (nSPS) is 13.0. The van der Waals surface area contributed by atoms with E-state index in [0.29, 0.717) is 5.69 Å². The van der Waals surface area contributed by atoms with Crippen LogP contribution in [0, 0.1) is 0 Å². The summed E-state index contributed by atoms with van der Waals surface area (Å²) in [5.41, 5.74) is 0.338. The first-order valence-corrected chi connectivity index (χ1v) is 11.5. The number of phenolic OH excluding ortho intramolecular Hbond substituents is 1. The lowest BCUT2D eigenvalue weighted by atomic mass is 10.1. The average Bonchev–Trinajstić information content (AvgIpc) is 2.55. The van der Waals surface area contributed by atoms with Crippen LogP contribution in [0.1, 0.15) is 0 Å². The Balaban J connectivity index is 2.90. The first-order chi connectivity index (χ1) is 12.5. The molecule has 0 amide bonds. The zero-order valence-corrected chi connectivity index (χ0v) is 16.8. The molecule has 0 aliphatic heterocycles. The fourth-order valence-corrected chi connectivity index (χ4v) is 3.68. The van der Waals surface area contributed by atoms with E-state index >= 15 is 0 Å². The van der Waals surface area contributed by atoms with E-state index in [-0.39, 0.29) is 38.7 Å². The Labute approximate surface area is 156 Å². The zero-order valence-electron chi connectivity index (χ0n) is 15.1. The number of hydrogen-bond acceptors (Lipinski definition) is 10. The van der Waals surface area contributed by atoms with E-state index < -0.39 is 19.7 Å². The van der Waals surface area contributed by atoms with Gasteiger partial charge in [0.25, 0.3) is 0 Å². The summed E-state index contributed by atoms with van der Waals surface area (Å²) in [4.78, 5) is -0.231. The van der Waals surface area contributed by atoms with Gasteiger partial charge < -0.3 is 10.4 Å². The molecule has 0 unspecified atom stereocenters. The van der Waals surface area contributed by atoms with Crippen LogP contribution >= 0.6 is 0 Å². The van der Waals surface area contributed by atoms with E-state index in [1.165, 1.54) is 32.3 Å². The molecule has 0 heterocycles. The number of fused-ring (bicyclic) bond motifs is 1. The molecule has 0 bridgehead atoms. The molecule has 0 saturated carbocycles. The predicted molar refractivity (Wildman–Crippen MR) is 103 cm³/mol. The number of azo groups is 2. The van der Waals surface area contributed by atoms with E-state index in [1.54, 1.807) is 0 Å². The Kier molecular flexibility index (Phi) is 5.80. The standard InChI is InChI=1S/C15H19N5O5S2/c1-16-19-13-10-7-12(27(4,24)25)14(20-17-2)15(21)9(10)5-6-11(13)18-8-26(3,22)23/h5-7,18,21H,8H2,1-4H3. The number of hydrogen-bond donors (Lipinski definition) is 2. The third kappa shape index (κ3) is 4.57. The molecule has 2 N–H and O–H groups in total. The van der Waals surface area contributed by atoms with Crippen molar-refractivity contribution < 1.29 is 21.9 Å². The smallest absolute Gasteiger partial charge is 0.177 e. The topological polar surface area (TPSA) is 150 Å². The van der Waals surface area contributed by atoms with E-state index in [4.69, 9.17) is 0 Å². The summed E-state index contributed by atoms with van der Waals surface area (Å²) in [5.74, 6) is -0.724. The number of nitrogens with one attached hydrogen (secondary N) is 1. The van der Waals surface area contributed by atoms with Gasteiger partial charge in [0.1, 0.15) is 17.3 Å². The number of sulfone groups is 2. The molecule has 2 aromatic rings. The summed E-state index contributed by atoms with van der Waals surface area (Å²) in [6, 6.07) is 4.33. The van der Waals surface area contributed by atoms with Crippen LogP contribution in [-0.4, -0.2) is 54.4 Å². The van der Waals surface area contributed by atoms with E-state index in [0.717, 1.165) is 12.5 Å². The van der Waals surface area contributed by atoms with Crippen LogP contribution < -0.4 is 5.32 Å². The summed E-state index contributed by atoms with van der Waals surface area (Å²) in [5, 5.41) is 28.8. The van der Waals surface area contributed by atoms with Gasteiger partial charge in [0.15, 0.2) is 25.4 Å². The first-order valence-electron chi connectivity index (χ1n) is 7.53. The van der Waals surface area contributed by atoms with Crippen molar-refractivity contribution in [2.45, 2.75) is 4.90 Å². The molecule has 0 aliphatic carbocycles. The van der Waals surface area contributed by atoms with Gasteiger partial charge in [-0.1, -0.05) is 0 Å². The van der Waals surface area contributed by atoms with E-state index in [1.807, 2.05) is 0 Å². The molecule has 146 valence electrons. The molecule has 2 aromatic carbocycles. The molecule has 10 nitrogen and oxygen atoms in total. The number of aromatic hydroxyl groups is 1. The molecule has 0 fully saturated rings. The maximum absolute atomic E-state index is 12.2. The molecule has 0 saturated heterocycles. The first kappa shape index (κ1) is 20.7. The summed E-state index contributed by atoms with van der Waals surface area (Å²) < 4.78 is 47.2. The molecule has 0 radical (unpaired) electrons. The Morgan fingerprint density at radius 2 is 1.56 bits per heavy atom. The van der Waals surface area contributed by atoms with Gasteiger partial charge >= 0.3 is 0 Å². The monoisotopic (exact) mass is 413 g/mol. The van der Waals surface area contributed by atoms with Crippen molar-refractivity contribution in [2.75, 3.05) is 37.8 Å². The number of anilines is 1.